The van der Waals surface area contributed by atoms with Crippen LogP contribution in [0.25, 0.3) is 0 Å². The highest BCUT2D eigenvalue weighted by molar-refractivity contribution is 7.13. The number of ketones is 1. The minimum atomic E-state index is -0.591. The number of nitrogens with zero attached hydrogens (tertiary/aromatic N) is 1. The third kappa shape index (κ3) is 4.50. The summed E-state index contributed by atoms with van der Waals surface area (Å²) in [4.78, 5) is 41.6. The molecule has 0 aliphatic rings. The number of carbonyl (C=O) groups is 3. The zero-order valence-electron chi connectivity index (χ0n) is 15.4. The maximum absolute atomic E-state index is 12.7. The molecule has 7 heteroatoms. The molecule has 1 amide bonds. The second kappa shape index (κ2) is 8.58. The molecule has 0 bridgehead atoms. The van der Waals surface area contributed by atoms with Gasteiger partial charge in [0.2, 0.25) is 0 Å². The van der Waals surface area contributed by atoms with Crippen LogP contribution in [0.5, 0.6) is 0 Å². The van der Waals surface area contributed by atoms with Crippen molar-refractivity contribution < 1.29 is 19.1 Å². The molecule has 0 radical (unpaired) electrons. The van der Waals surface area contributed by atoms with Gasteiger partial charge in [-0.25, -0.2) is 9.78 Å². The highest BCUT2D eigenvalue weighted by Crippen LogP contribution is 2.20. The first-order valence-corrected chi connectivity index (χ1v) is 9.37. The minimum absolute atomic E-state index is 0.204. The van der Waals surface area contributed by atoms with Crippen molar-refractivity contribution in [3.8, 4) is 0 Å². The maximum Gasteiger partial charge on any atom is 0.350 e. The number of thiazole rings is 1. The van der Waals surface area contributed by atoms with Crippen LogP contribution in [0.2, 0.25) is 0 Å². The number of rotatable bonds is 6. The SMILES string of the molecule is Cc1nc(C)c(C(=O)OCC(=O)Nc2ccccc2C(=O)c2ccccc2)s1. The molecule has 0 saturated heterocycles. The van der Waals surface area contributed by atoms with Crippen LogP contribution < -0.4 is 5.32 Å². The Bertz CT molecular complexity index is 1030. The number of aromatic nitrogens is 1. The Balaban J connectivity index is 1.67. The van der Waals surface area contributed by atoms with E-state index in [2.05, 4.69) is 10.3 Å². The van der Waals surface area contributed by atoms with Gasteiger partial charge in [0.25, 0.3) is 5.91 Å². The topological polar surface area (TPSA) is 85.4 Å². The number of hydrogen-bond donors (Lipinski definition) is 1. The lowest BCUT2D eigenvalue weighted by Crippen LogP contribution is -2.22. The summed E-state index contributed by atoms with van der Waals surface area (Å²) in [5, 5.41) is 3.39. The molecule has 0 aliphatic heterocycles. The molecule has 3 aromatic rings. The molecule has 0 unspecified atom stereocenters. The maximum atomic E-state index is 12.7. The summed E-state index contributed by atoms with van der Waals surface area (Å²) < 4.78 is 5.08. The Morgan fingerprint density at radius 3 is 2.36 bits per heavy atom. The van der Waals surface area contributed by atoms with Crippen molar-refractivity contribution in [2.75, 3.05) is 11.9 Å². The van der Waals surface area contributed by atoms with E-state index >= 15 is 0 Å². The zero-order chi connectivity index (χ0) is 20.1. The fourth-order valence-corrected chi connectivity index (χ4v) is 3.45. The Hall–Kier alpha value is -3.32. The largest absolute Gasteiger partial charge is 0.451 e. The summed E-state index contributed by atoms with van der Waals surface area (Å²) in [5.74, 6) is -1.32. The summed E-state index contributed by atoms with van der Waals surface area (Å²) in [6.07, 6.45) is 0. The lowest BCUT2D eigenvalue weighted by atomic mass is 10.0. The number of anilines is 1. The van der Waals surface area contributed by atoms with Crippen molar-refractivity contribution in [1.29, 1.82) is 0 Å². The summed E-state index contributed by atoms with van der Waals surface area (Å²) in [7, 11) is 0. The molecular formula is C21H18N2O4S. The molecule has 28 heavy (non-hydrogen) atoms. The number of aryl methyl sites for hydroxylation is 2. The molecule has 0 spiro atoms. The third-order valence-electron chi connectivity index (χ3n) is 3.91. The van der Waals surface area contributed by atoms with E-state index in [1.165, 1.54) is 11.3 Å². The second-order valence-electron chi connectivity index (χ2n) is 6.01. The van der Waals surface area contributed by atoms with E-state index in [4.69, 9.17) is 4.74 Å². The van der Waals surface area contributed by atoms with Crippen molar-refractivity contribution >= 4 is 34.7 Å². The number of ether oxygens (including phenoxy) is 1. The van der Waals surface area contributed by atoms with Crippen LogP contribution in [-0.4, -0.2) is 29.3 Å². The first kappa shape index (κ1) is 19.4. The quantitative estimate of drug-likeness (QED) is 0.508. The fraction of sp³-hybridized carbons (Fsp3) is 0.143. The molecule has 1 aromatic heterocycles. The summed E-state index contributed by atoms with van der Waals surface area (Å²) in [6, 6.07) is 15.5. The van der Waals surface area contributed by atoms with Crippen molar-refractivity contribution in [3.05, 3.63) is 81.3 Å². The number of amides is 1. The Morgan fingerprint density at radius 1 is 1.00 bits per heavy atom. The van der Waals surface area contributed by atoms with Gasteiger partial charge in [0.05, 0.1) is 16.4 Å². The van der Waals surface area contributed by atoms with Gasteiger partial charge < -0.3 is 10.1 Å². The van der Waals surface area contributed by atoms with E-state index < -0.39 is 18.5 Å². The number of benzene rings is 2. The third-order valence-corrected chi connectivity index (χ3v) is 4.96. The van der Waals surface area contributed by atoms with E-state index in [1.807, 2.05) is 6.07 Å². The van der Waals surface area contributed by atoms with Crippen molar-refractivity contribution in [1.82, 2.24) is 4.98 Å². The molecule has 0 atom stereocenters. The molecule has 0 saturated carbocycles. The molecule has 2 aromatic carbocycles. The molecule has 142 valence electrons. The number of para-hydroxylation sites is 1. The monoisotopic (exact) mass is 394 g/mol. The smallest absolute Gasteiger partial charge is 0.350 e. The van der Waals surface area contributed by atoms with Crippen LogP contribution in [0.4, 0.5) is 5.69 Å². The van der Waals surface area contributed by atoms with Crippen LogP contribution in [0.1, 0.15) is 36.3 Å². The first-order valence-electron chi connectivity index (χ1n) is 8.55. The zero-order valence-corrected chi connectivity index (χ0v) is 16.2. The van der Waals surface area contributed by atoms with Gasteiger partial charge in [-0.1, -0.05) is 42.5 Å². The van der Waals surface area contributed by atoms with Gasteiger partial charge >= 0.3 is 5.97 Å². The molecule has 1 N–H and O–H groups in total. The minimum Gasteiger partial charge on any atom is -0.451 e. The normalized spacial score (nSPS) is 10.4. The Labute approximate surface area is 166 Å². The van der Waals surface area contributed by atoms with E-state index in [0.29, 0.717) is 27.4 Å². The highest BCUT2D eigenvalue weighted by Gasteiger charge is 2.18. The van der Waals surface area contributed by atoms with Crippen molar-refractivity contribution in [3.63, 3.8) is 0 Å². The van der Waals surface area contributed by atoms with Gasteiger partial charge in [0.1, 0.15) is 4.88 Å². The lowest BCUT2D eigenvalue weighted by Gasteiger charge is -2.10. The summed E-state index contributed by atoms with van der Waals surface area (Å²) >= 11 is 1.22. The predicted octanol–water partition coefficient (Wildman–Crippen LogP) is 3.79. The lowest BCUT2D eigenvalue weighted by molar-refractivity contribution is -0.119. The van der Waals surface area contributed by atoms with Crippen LogP contribution >= 0.6 is 11.3 Å². The fourth-order valence-electron chi connectivity index (χ4n) is 2.64. The Kier molecular flexibility index (Phi) is 5.96. The predicted molar refractivity (Wildman–Crippen MR) is 107 cm³/mol. The van der Waals surface area contributed by atoms with Crippen molar-refractivity contribution in [2.45, 2.75) is 13.8 Å². The van der Waals surface area contributed by atoms with Gasteiger partial charge in [-0.05, 0) is 26.0 Å². The number of esters is 1. The summed E-state index contributed by atoms with van der Waals surface area (Å²) in [5.41, 5.74) is 1.82. The van der Waals surface area contributed by atoms with Crippen LogP contribution in [0.3, 0.4) is 0 Å². The Morgan fingerprint density at radius 2 is 1.68 bits per heavy atom. The van der Waals surface area contributed by atoms with E-state index in [1.54, 1.807) is 62.4 Å². The highest BCUT2D eigenvalue weighted by atomic mass is 32.1. The standard InChI is InChI=1S/C21H18N2O4S/c1-13-20(28-14(2)22-13)21(26)27-12-18(24)23-17-11-7-6-10-16(17)19(25)15-8-4-3-5-9-15/h3-11H,12H2,1-2H3,(H,23,24). The van der Waals surface area contributed by atoms with E-state index in [9.17, 15) is 14.4 Å². The van der Waals surface area contributed by atoms with Gasteiger partial charge in [0.15, 0.2) is 12.4 Å². The van der Waals surface area contributed by atoms with Gasteiger partial charge in [-0.2, -0.15) is 0 Å². The van der Waals surface area contributed by atoms with Crippen molar-refractivity contribution in [2.24, 2.45) is 0 Å². The molecule has 6 nitrogen and oxygen atoms in total. The van der Waals surface area contributed by atoms with Gasteiger partial charge in [-0.3, -0.25) is 9.59 Å². The molecule has 0 aliphatic carbocycles. The average molecular weight is 394 g/mol. The van der Waals surface area contributed by atoms with Gasteiger partial charge in [-0.15, -0.1) is 11.3 Å². The molecule has 1 heterocycles. The number of carbonyl (C=O) groups excluding carboxylic acids is 3. The van der Waals surface area contributed by atoms with E-state index in [-0.39, 0.29) is 5.78 Å². The second-order valence-corrected chi connectivity index (χ2v) is 7.22. The van der Waals surface area contributed by atoms with Crippen LogP contribution in [0, 0.1) is 13.8 Å². The summed E-state index contributed by atoms with van der Waals surface area (Å²) in [6.45, 7) is 3.05. The molecular weight excluding hydrogens is 376 g/mol. The van der Waals surface area contributed by atoms with Crippen LogP contribution in [0.15, 0.2) is 54.6 Å². The number of nitrogens with one attached hydrogen (secondary N) is 1. The van der Waals surface area contributed by atoms with Gasteiger partial charge in [0, 0.05) is 11.1 Å². The van der Waals surface area contributed by atoms with Crippen LogP contribution in [-0.2, 0) is 9.53 Å². The number of hydrogen-bond acceptors (Lipinski definition) is 6. The molecule has 3 rings (SSSR count). The first-order chi connectivity index (χ1) is 13.5. The average Bonchev–Trinajstić information content (AvgIpc) is 3.05. The molecule has 0 fully saturated rings. The van der Waals surface area contributed by atoms with E-state index in [0.717, 1.165) is 5.01 Å².